The van der Waals surface area contributed by atoms with Crippen LogP contribution in [0, 0.1) is 5.82 Å². The number of nitrogens with zero attached hydrogens (tertiary/aromatic N) is 3. The standard InChI is InChI=1S/C25H15ClF7N3O2/c26-16-3-8-21(34-11-16)23-35-12-19(38-23)13-36(18-6-4-17(27)5-7-18)22(37)9-14-1-2-15(24(28,29)30)10-20(14)25(31,32)33/h1-8,10-12H,9,13H2. The summed E-state index contributed by atoms with van der Waals surface area (Å²) in [6.07, 6.45) is -8.43. The molecule has 0 saturated carbocycles. The van der Waals surface area contributed by atoms with E-state index in [0.29, 0.717) is 22.8 Å². The number of carbonyl (C=O) groups excluding carboxylic acids is 1. The Bertz CT molecular complexity index is 1430. The number of hydrogen-bond donors (Lipinski definition) is 0. The number of pyridine rings is 1. The van der Waals surface area contributed by atoms with E-state index in [1.54, 1.807) is 6.07 Å². The number of hydrogen-bond acceptors (Lipinski definition) is 4. The lowest BCUT2D eigenvalue weighted by molar-refractivity contribution is -0.143. The van der Waals surface area contributed by atoms with Crippen molar-refractivity contribution in [1.82, 2.24) is 9.97 Å². The first-order valence-corrected chi connectivity index (χ1v) is 11.1. The fourth-order valence-electron chi connectivity index (χ4n) is 3.53. The second-order valence-corrected chi connectivity index (χ2v) is 8.43. The summed E-state index contributed by atoms with van der Waals surface area (Å²) in [5.41, 5.74) is -3.32. The Hall–Kier alpha value is -3.93. The summed E-state index contributed by atoms with van der Waals surface area (Å²) < 4.78 is 99.0. The fourth-order valence-corrected chi connectivity index (χ4v) is 3.64. The molecular weight excluding hydrogens is 543 g/mol. The first kappa shape index (κ1) is 27.1. The van der Waals surface area contributed by atoms with Crippen LogP contribution in [0.1, 0.15) is 22.5 Å². The van der Waals surface area contributed by atoms with E-state index in [0.717, 1.165) is 17.0 Å². The molecule has 0 atom stereocenters. The molecule has 0 radical (unpaired) electrons. The zero-order valence-electron chi connectivity index (χ0n) is 18.9. The normalized spacial score (nSPS) is 12.0. The third-order valence-electron chi connectivity index (χ3n) is 5.34. The maximum Gasteiger partial charge on any atom is 0.416 e. The van der Waals surface area contributed by atoms with Gasteiger partial charge in [0.1, 0.15) is 17.3 Å². The Morgan fingerprint density at radius 2 is 1.61 bits per heavy atom. The van der Waals surface area contributed by atoms with Crippen LogP contribution < -0.4 is 4.90 Å². The highest BCUT2D eigenvalue weighted by Crippen LogP contribution is 2.38. The smallest absolute Gasteiger partial charge is 0.416 e. The molecule has 0 unspecified atom stereocenters. The zero-order chi connectivity index (χ0) is 27.7. The maximum atomic E-state index is 13.6. The lowest BCUT2D eigenvalue weighted by Gasteiger charge is -2.23. The molecule has 2 aromatic heterocycles. The molecule has 0 N–H and O–H groups in total. The number of amides is 1. The Kier molecular flexibility index (Phi) is 7.45. The largest absolute Gasteiger partial charge is 0.438 e. The first-order chi connectivity index (χ1) is 17.8. The van der Waals surface area contributed by atoms with E-state index in [-0.39, 0.29) is 29.9 Å². The topological polar surface area (TPSA) is 59.2 Å². The summed E-state index contributed by atoms with van der Waals surface area (Å²) in [5.74, 6) is -1.35. The number of alkyl halides is 6. The number of aromatic nitrogens is 2. The molecule has 2 heterocycles. The molecule has 4 aromatic rings. The minimum atomic E-state index is -5.15. The van der Waals surface area contributed by atoms with Gasteiger partial charge in [0.15, 0.2) is 0 Å². The van der Waals surface area contributed by atoms with Crippen molar-refractivity contribution in [2.45, 2.75) is 25.3 Å². The third-order valence-corrected chi connectivity index (χ3v) is 5.56. The molecule has 13 heteroatoms. The lowest BCUT2D eigenvalue weighted by atomic mass is 9.99. The molecule has 198 valence electrons. The first-order valence-electron chi connectivity index (χ1n) is 10.7. The van der Waals surface area contributed by atoms with Crippen LogP contribution in [-0.4, -0.2) is 15.9 Å². The summed E-state index contributed by atoms with van der Waals surface area (Å²) in [5, 5.41) is 0.370. The number of carbonyl (C=O) groups is 1. The Balaban J connectivity index is 1.66. The lowest BCUT2D eigenvalue weighted by Crippen LogP contribution is -2.32. The van der Waals surface area contributed by atoms with Gasteiger partial charge in [-0.15, -0.1) is 0 Å². The predicted molar refractivity (Wildman–Crippen MR) is 122 cm³/mol. The average molecular weight is 558 g/mol. The molecule has 5 nitrogen and oxygen atoms in total. The van der Waals surface area contributed by atoms with Crippen molar-refractivity contribution in [2.24, 2.45) is 0 Å². The fraction of sp³-hybridized carbons (Fsp3) is 0.160. The number of rotatable bonds is 6. The van der Waals surface area contributed by atoms with Crippen LogP contribution in [0.4, 0.5) is 36.4 Å². The van der Waals surface area contributed by atoms with E-state index < -0.39 is 47.2 Å². The summed E-state index contributed by atoms with van der Waals surface area (Å²) in [6.45, 7) is -0.326. The van der Waals surface area contributed by atoms with Gasteiger partial charge in [0.05, 0.1) is 35.3 Å². The molecule has 0 saturated heterocycles. The van der Waals surface area contributed by atoms with Crippen LogP contribution in [0.2, 0.25) is 5.02 Å². The monoisotopic (exact) mass is 557 g/mol. The van der Waals surface area contributed by atoms with E-state index in [4.69, 9.17) is 16.0 Å². The van der Waals surface area contributed by atoms with Gasteiger partial charge in [-0.05, 0) is 54.1 Å². The molecule has 2 aromatic carbocycles. The SMILES string of the molecule is O=C(Cc1ccc(C(F)(F)F)cc1C(F)(F)F)N(Cc1cnc(-c2ccc(Cl)cn2)o1)c1ccc(F)cc1. The van der Waals surface area contributed by atoms with Gasteiger partial charge in [0.25, 0.3) is 0 Å². The zero-order valence-corrected chi connectivity index (χ0v) is 19.7. The van der Waals surface area contributed by atoms with Crippen LogP contribution >= 0.6 is 11.6 Å². The van der Waals surface area contributed by atoms with Gasteiger partial charge in [-0.25, -0.2) is 14.4 Å². The van der Waals surface area contributed by atoms with Crippen LogP contribution in [0.5, 0.6) is 0 Å². The Morgan fingerprint density at radius 3 is 2.21 bits per heavy atom. The van der Waals surface area contributed by atoms with Crippen LogP contribution in [-0.2, 0) is 30.1 Å². The highest BCUT2D eigenvalue weighted by atomic mass is 35.5. The summed E-state index contributed by atoms with van der Waals surface area (Å²) in [4.78, 5) is 22.4. The van der Waals surface area contributed by atoms with Crippen LogP contribution in [0.3, 0.4) is 0 Å². The van der Waals surface area contributed by atoms with Crippen molar-refractivity contribution in [3.05, 3.63) is 100 Å². The summed E-state index contributed by atoms with van der Waals surface area (Å²) in [6, 6.07) is 8.66. The van der Waals surface area contributed by atoms with Crippen LogP contribution in [0.15, 0.2) is 71.4 Å². The molecule has 4 rings (SSSR count). The molecule has 0 bridgehead atoms. The number of benzene rings is 2. The van der Waals surface area contributed by atoms with Gasteiger partial charge in [-0.2, -0.15) is 26.3 Å². The molecule has 0 aliphatic heterocycles. The molecule has 0 fully saturated rings. The van der Waals surface area contributed by atoms with Gasteiger partial charge in [0, 0.05) is 11.9 Å². The molecule has 0 aliphatic carbocycles. The van der Waals surface area contributed by atoms with Crippen molar-refractivity contribution in [3.63, 3.8) is 0 Å². The Labute approximate surface area is 215 Å². The minimum Gasteiger partial charge on any atom is -0.438 e. The van der Waals surface area contributed by atoms with E-state index in [9.17, 15) is 35.5 Å². The highest BCUT2D eigenvalue weighted by molar-refractivity contribution is 6.30. The molecule has 0 spiro atoms. The maximum absolute atomic E-state index is 13.6. The van der Waals surface area contributed by atoms with Gasteiger partial charge in [-0.1, -0.05) is 17.7 Å². The summed E-state index contributed by atoms with van der Waals surface area (Å²) in [7, 11) is 0. The molecule has 38 heavy (non-hydrogen) atoms. The Morgan fingerprint density at radius 1 is 0.895 bits per heavy atom. The highest BCUT2D eigenvalue weighted by Gasteiger charge is 2.38. The van der Waals surface area contributed by atoms with Crippen molar-refractivity contribution < 1.29 is 39.9 Å². The van der Waals surface area contributed by atoms with Gasteiger partial charge < -0.3 is 9.32 Å². The minimum absolute atomic E-state index is 0.0350. The number of oxazole rings is 1. The van der Waals surface area contributed by atoms with Crippen molar-refractivity contribution in [2.75, 3.05) is 4.90 Å². The summed E-state index contributed by atoms with van der Waals surface area (Å²) >= 11 is 5.81. The second kappa shape index (κ2) is 10.4. The van der Waals surface area contributed by atoms with Crippen molar-refractivity contribution >= 4 is 23.2 Å². The van der Waals surface area contributed by atoms with E-state index in [1.165, 1.54) is 30.6 Å². The van der Waals surface area contributed by atoms with Gasteiger partial charge >= 0.3 is 12.4 Å². The quantitative estimate of drug-likeness (QED) is 0.233. The third kappa shape index (κ3) is 6.31. The average Bonchev–Trinajstić information content (AvgIpc) is 3.31. The number of anilines is 1. The molecular formula is C25H15ClF7N3O2. The second-order valence-electron chi connectivity index (χ2n) is 7.99. The van der Waals surface area contributed by atoms with E-state index in [2.05, 4.69) is 9.97 Å². The van der Waals surface area contributed by atoms with Gasteiger partial charge in [-0.3, -0.25) is 4.79 Å². The van der Waals surface area contributed by atoms with E-state index >= 15 is 0 Å². The molecule has 1 amide bonds. The molecule has 0 aliphatic rings. The van der Waals surface area contributed by atoms with Crippen LogP contribution in [0.25, 0.3) is 11.6 Å². The van der Waals surface area contributed by atoms with Crippen molar-refractivity contribution in [3.8, 4) is 11.6 Å². The predicted octanol–water partition coefficient (Wildman–Crippen LogP) is 7.34. The number of halogens is 8. The van der Waals surface area contributed by atoms with Crippen molar-refractivity contribution in [1.29, 1.82) is 0 Å². The van der Waals surface area contributed by atoms with Gasteiger partial charge in [0.2, 0.25) is 11.8 Å². The van der Waals surface area contributed by atoms with E-state index in [1.807, 2.05) is 0 Å².